The first-order chi connectivity index (χ1) is 22.0. The molecule has 0 bridgehead atoms. The largest absolute Gasteiger partial charge is 0.748 e. The van der Waals surface area contributed by atoms with E-state index in [-0.39, 0.29) is 27.4 Å². The standard InChI is InChI=1S/C37H41N2P2.C5H5.Fe/c1-35(2,3)41(36(4,5)6)26-32-33(37(40,29-19-13-21-38-24-29)30-20-14-22-39-25-30)23-31(27-15-9-7-10-16-27)34(32)28-17-11-8-12-18-28;1-2-4-5-3-1;/h7-25H,26,40H2,1-6H3;1-5H;/q-1;-5;. The first-order valence-corrected chi connectivity index (χ1v) is 18.1. The van der Waals surface area contributed by atoms with Crippen molar-refractivity contribution in [2.24, 2.45) is 0 Å². The Morgan fingerprint density at radius 3 is 1.49 bits per heavy atom. The van der Waals surface area contributed by atoms with Gasteiger partial charge in [-0.15, -0.1) is 39.4 Å². The zero-order chi connectivity index (χ0) is 32.8. The fourth-order valence-electron chi connectivity index (χ4n) is 6.53. The molecule has 0 amide bonds. The molecule has 0 radical (unpaired) electrons. The molecule has 6 rings (SSSR count). The van der Waals surface area contributed by atoms with Crippen molar-refractivity contribution in [2.45, 2.75) is 63.2 Å². The molecule has 4 aromatic carbocycles. The first-order valence-electron chi connectivity index (χ1n) is 16.0. The van der Waals surface area contributed by atoms with Crippen LogP contribution in [0.5, 0.6) is 0 Å². The van der Waals surface area contributed by atoms with Crippen LogP contribution in [0.2, 0.25) is 0 Å². The summed E-state index contributed by atoms with van der Waals surface area (Å²) in [5.41, 5.74) is 10.1. The van der Waals surface area contributed by atoms with Crippen LogP contribution in [0.4, 0.5) is 0 Å². The summed E-state index contributed by atoms with van der Waals surface area (Å²) in [7, 11) is 2.83. The predicted octanol–water partition coefficient (Wildman–Crippen LogP) is 11.7. The number of benzene rings is 2. The number of rotatable bonds is 7. The Morgan fingerprint density at radius 1 is 0.638 bits per heavy atom. The maximum absolute atomic E-state index is 4.59. The van der Waals surface area contributed by atoms with E-state index < -0.39 is 13.1 Å². The summed E-state index contributed by atoms with van der Waals surface area (Å²) in [4.78, 5) is 9.17. The smallest absolute Gasteiger partial charge is 0.0451 e. The topological polar surface area (TPSA) is 25.8 Å². The number of hydrogen-bond donors (Lipinski definition) is 0. The fraction of sp³-hybridized carbons (Fsp3) is 0.238. The van der Waals surface area contributed by atoms with Crippen molar-refractivity contribution in [3.05, 3.63) is 168 Å². The molecule has 0 saturated carbocycles. The zero-order valence-electron chi connectivity index (χ0n) is 28.3. The molecule has 0 aliphatic carbocycles. The average molecular weight is 697 g/mol. The SMILES string of the molecule is CC(C)(C)P(C[c-]1c(C(P)(c2cccnc2)c2cccnc2)cc(-c2ccccc2)c1-c1ccccc1)C(C)(C)C.[Fe].[cH-]1[cH-][cH-][cH-][cH-]1. The predicted molar refractivity (Wildman–Crippen MR) is 203 cm³/mol. The van der Waals surface area contributed by atoms with E-state index >= 15 is 0 Å². The molecule has 2 heterocycles. The molecule has 0 aliphatic heterocycles. The van der Waals surface area contributed by atoms with Gasteiger partial charge in [-0.1, -0.05) is 125 Å². The molecular weight excluding hydrogens is 650 g/mol. The Labute approximate surface area is 296 Å². The molecule has 0 aliphatic rings. The minimum absolute atomic E-state index is 0. The summed E-state index contributed by atoms with van der Waals surface area (Å²) in [5.74, 6) is 0. The van der Waals surface area contributed by atoms with Crippen LogP contribution >= 0.6 is 17.2 Å². The van der Waals surface area contributed by atoms with Crippen molar-refractivity contribution in [1.29, 1.82) is 0 Å². The molecule has 0 fully saturated rings. The second kappa shape index (κ2) is 15.8. The van der Waals surface area contributed by atoms with Crippen LogP contribution in [-0.2, 0) is 28.4 Å². The third kappa shape index (κ3) is 8.46. The molecule has 0 spiro atoms. The molecule has 0 saturated heterocycles. The summed E-state index contributed by atoms with van der Waals surface area (Å²) in [6, 6.07) is 42.8. The third-order valence-electron chi connectivity index (χ3n) is 8.48. The van der Waals surface area contributed by atoms with Gasteiger partial charge in [-0.25, -0.2) is 0 Å². The Hall–Kier alpha value is -3.18. The van der Waals surface area contributed by atoms with E-state index in [4.69, 9.17) is 0 Å². The van der Waals surface area contributed by atoms with Crippen molar-refractivity contribution in [3.8, 4) is 22.3 Å². The summed E-state index contributed by atoms with van der Waals surface area (Å²) >= 11 is 0. The van der Waals surface area contributed by atoms with E-state index in [1.807, 2.05) is 67.3 Å². The van der Waals surface area contributed by atoms with Gasteiger partial charge in [0, 0.05) is 47.0 Å². The van der Waals surface area contributed by atoms with Crippen LogP contribution in [0.15, 0.2) is 146 Å². The fourth-order valence-corrected chi connectivity index (χ4v) is 10.7. The summed E-state index contributed by atoms with van der Waals surface area (Å²) in [6.45, 7) is 14.5. The second-order valence-electron chi connectivity index (χ2n) is 13.7. The van der Waals surface area contributed by atoms with Gasteiger partial charge >= 0.3 is 0 Å². The van der Waals surface area contributed by atoms with Gasteiger partial charge in [-0.05, 0) is 39.7 Å². The maximum atomic E-state index is 4.59. The van der Waals surface area contributed by atoms with E-state index in [2.05, 4.69) is 140 Å². The van der Waals surface area contributed by atoms with Crippen molar-refractivity contribution in [3.63, 3.8) is 0 Å². The second-order valence-corrected chi connectivity index (χ2v) is 18.5. The van der Waals surface area contributed by atoms with Crippen LogP contribution in [0.3, 0.4) is 0 Å². The van der Waals surface area contributed by atoms with E-state index in [1.54, 1.807) is 0 Å². The van der Waals surface area contributed by atoms with Crippen LogP contribution < -0.4 is 0 Å². The summed E-state index contributed by atoms with van der Waals surface area (Å²) < 4.78 is 0. The Morgan fingerprint density at radius 2 is 1.09 bits per heavy atom. The van der Waals surface area contributed by atoms with Gasteiger partial charge in [0.25, 0.3) is 0 Å². The Balaban J connectivity index is 0.000000762. The number of nitrogens with zero attached hydrogens (tertiary/aromatic N) is 2. The van der Waals surface area contributed by atoms with Gasteiger partial charge < -0.3 is 30.3 Å². The van der Waals surface area contributed by atoms with Gasteiger partial charge in [0.05, 0.1) is 0 Å². The summed E-state index contributed by atoms with van der Waals surface area (Å²) in [6.07, 6.45) is 8.75. The molecule has 1 atom stereocenters. The zero-order valence-corrected chi connectivity index (χ0v) is 31.5. The van der Waals surface area contributed by atoms with E-state index in [0.29, 0.717) is 0 Å². The minimum Gasteiger partial charge on any atom is -0.748 e. The van der Waals surface area contributed by atoms with Gasteiger partial charge in [-0.3, -0.25) is 9.97 Å². The Kier molecular flexibility index (Phi) is 12.3. The molecule has 0 N–H and O–H groups in total. The van der Waals surface area contributed by atoms with Gasteiger partial charge in [0.15, 0.2) is 0 Å². The minimum atomic E-state index is -0.523. The molecule has 248 valence electrons. The molecule has 2 nitrogen and oxygen atoms in total. The van der Waals surface area contributed by atoms with Crippen LogP contribution in [-0.4, -0.2) is 20.3 Å². The number of hydrogen-bond acceptors (Lipinski definition) is 2. The van der Waals surface area contributed by atoms with Gasteiger partial charge in [0.2, 0.25) is 0 Å². The molecule has 2 aromatic heterocycles. The van der Waals surface area contributed by atoms with Crippen molar-refractivity contribution in [2.75, 3.05) is 0 Å². The summed E-state index contributed by atoms with van der Waals surface area (Å²) in [5, 5.41) is -0.171. The van der Waals surface area contributed by atoms with Gasteiger partial charge in [-0.2, -0.15) is 6.07 Å². The van der Waals surface area contributed by atoms with Gasteiger partial charge in [0.1, 0.15) is 0 Å². The van der Waals surface area contributed by atoms with E-state index in [0.717, 1.165) is 17.3 Å². The average Bonchev–Trinajstić information content (AvgIpc) is 3.77. The van der Waals surface area contributed by atoms with Crippen LogP contribution in [0.1, 0.15) is 63.8 Å². The van der Waals surface area contributed by atoms with E-state index in [9.17, 15) is 0 Å². The first kappa shape index (κ1) is 36.7. The van der Waals surface area contributed by atoms with Crippen LogP contribution in [0, 0.1) is 0 Å². The van der Waals surface area contributed by atoms with Crippen molar-refractivity contribution in [1.82, 2.24) is 9.97 Å². The molecule has 1 unspecified atom stereocenters. The molecule has 5 heteroatoms. The van der Waals surface area contributed by atoms with Crippen molar-refractivity contribution >= 4 is 17.2 Å². The number of aromatic nitrogens is 2. The maximum Gasteiger partial charge on any atom is 0.0451 e. The quantitative estimate of drug-likeness (QED) is 0.0943. The molecule has 47 heavy (non-hydrogen) atoms. The Bertz CT molecular complexity index is 1700. The third-order valence-corrected chi connectivity index (χ3v) is 13.3. The molecular formula is C42H46FeN2P2-6. The molecule has 6 aromatic rings. The monoisotopic (exact) mass is 696 g/mol. The van der Waals surface area contributed by atoms with Crippen molar-refractivity contribution < 1.29 is 17.1 Å². The van der Waals surface area contributed by atoms with Crippen LogP contribution in [0.25, 0.3) is 22.3 Å². The number of pyridine rings is 2. The normalized spacial score (nSPS) is 11.8. The van der Waals surface area contributed by atoms with E-state index in [1.165, 1.54) is 33.4 Å².